The van der Waals surface area contributed by atoms with Crippen LogP contribution in [0.2, 0.25) is 5.02 Å². The zero-order valence-electron chi connectivity index (χ0n) is 20.6. The maximum Gasteiger partial charge on any atom is 0.417 e. The predicted octanol–water partition coefficient (Wildman–Crippen LogP) is 6.05. The van der Waals surface area contributed by atoms with Crippen LogP contribution >= 0.6 is 11.6 Å². The Balaban J connectivity index is 1.83. The predicted molar refractivity (Wildman–Crippen MR) is 137 cm³/mol. The number of nitrogens with one attached hydrogen (secondary N) is 1. The summed E-state index contributed by atoms with van der Waals surface area (Å²) < 4.78 is 50.8. The largest absolute Gasteiger partial charge is 0.491 e. The van der Waals surface area contributed by atoms with Gasteiger partial charge in [0.15, 0.2) is 0 Å². The molecule has 0 atom stereocenters. The summed E-state index contributed by atoms with van der Waals surface area (Å²) in [6.45, 7) is 3.44. The van der Waals surface area contributed by atoms with Gasteiger partial charge in [-0.1, -0.05) is 17.7 Å². The molecule has 0 unspecified atom stereocenters. The summed E-state index contributed by atoms with van der Waals surface area (Å²) in [5, 5.41) is 3.07. The van der Waals surface area contributed by atoms with E-state index in [2.05, 4.69) is 15.0 Å². The number of rotatable bonds is 7. The monoisotopic (exact) mass is 545 g/mol. The number of hydrogen-bond donors (Lipinski definition) is 1. The number of nitrogens with zero attached hydrogens (tertiary/aromatic N) is 2. The van der Waals surface area contributed by atoms with Gasteiger partial charge in [-0.15, -0.1) is 0 Å². The second-order valence-corrected chi connectivity index (χ2v) is 8.96. The van der Waals surface area contributed by atoms with E-state index >= 15 is 0 Å². The molecule has 7 nitrogen and oxygen atoms in total. The van der Waals surface area contributed by atoms with Crippen LogP contribution < -0.4 is 10.1 Å². The minimum absolute atomic E-state index is 0.0282. The fraction of sp³-hybridized carbons (Fsp3) is 0.222. The second kappa shape index (κ2) is 10.7. The lowest BCUT2D eigenvalue weighted by Gasteiger charge is -2.14. The van der Waals surface area contributed by atoms with E-state index in [1.807, 2.05) is 13.8 Å². The van der Waals surface area contributed by atoms with E-state index in [0.29, 0.717) is 33.6 Å². The van der Waals surface area contributed by atoms with Crippen LogP contribution in [-0.2, 0) is 15.7 Å². The van der Waals surface area contributed by atoms with Gasteiger partial charge in [-0.2, -0.15) is 13.2 Å². The van der Waals surface area contributed by atoms with E-state index in [1.165, 1.54) is 13.2 Å². The van der Waals surface area contributed by atoms with E-state index in [-0.39, 0.29) is 23.4 Å². The van der Waals surface area contributed by atoms with Crippen LogP contribution in [0.1, 0.15) is 29.9 Å². The number of halogens is 4. The van der Waals surface area contributed by atoms with Gasteiger partial charge in [0.05, 0.1) is 35.0 Å². The highest BCUT2D eigenvalue weighted by Gasteiger charge is 2.31. The molecule has 4 aromatic rings. The molecule has 0 aliphatic carbocycles. The molecule has 4 rings (SSSR count). The number of hydrogen-bond acceptors (Lipinski definition) is 5. The molecular formula is C27H23ClF3N3O4. The van der Waals surface area contributed by atoms with E-state index < -0.39 is 23.6 Å². The number of fused-ring (bicyclic) bond motifs is 1. The first-order valence-electron chi connectivity index (χ1n) is 11.5. The van der Waals surface area contributed by atoms with Crippen LogP contribution in [-0.4, -0.2) is 41.2 Å². The molecule has 0 aliphatic rings. The van der Waals surface area contributed by atoms with E-state index in [0.717, 1.165) is 12.3 Å². The van der Waals surface area contributed by atoms with Crippen molar-refractivity contribution in [1.82, 2.24) is 14.9 Å². The smallest absolute Gasteiger partial charge is 0.417 e. The maximum atomic E-state index is 13.2. The van der Waals surface area contributed by atoms with Crippen LogP contribution in [0.3, 0.4) is 0 Å². The van der Waals surface area contributed by atoms with Crippen molar-refractivity contribution in [3.63, 3.8) is 0 Å². The van der Waals surface area contributed by atoms with E-state index in [9.17, 15) is 22.8 Å². The third-order valence-electron chi connectivity index (χ3n) is 5.59. The van der Waals surface area contributed by atoms with E-state index in [4.69, 9.17) is 16.3 Å². The number of carbonyl (C=O) groups excluding carboxylic acids is 2. The van der Waals surface area contributed by atoms with Crippen molar-refractivity contribution in [3.05, 3.63) is 77.1 Å². The summed E-state index contributed by atoms with van der Waals surface area (Å²) in [6.07, 6.45) is -3.77. The standard InChI is InChI=1S/C27H23ClF3N3O4/c1-15(2)38-19-8-6-18(7-9-19)34-22-11-4-16(21-10-5-17(13-32-21)27(29,30)31)12-20(22)24(28)25(34)26(36)33-14-23(35)37-3/h4-13,15H,14H2,1-3H3,(H,33,36). The molecular weight excluding hydrogens is 523 g/mol. The Hall–Kier alpha value is -4.05. The highest BCUT2D eigenvalue weighted by atomic mass is 35.5. The number of aromatic nitrogens is 2. The van der Waals surface area contributed by atoms with Crippen LogP contribution in [0, 0.1) is 0 Å². The lowest BCUT2D eigenvalue weighted by Crippen LogP contribution is -2.31. The molecule has 1 amide bonds. The number of amides is 1. The Morgan fingerprint density at radius 3 is 2.37 bits per heavy atom. The van der Waals surface area contributed by atoms with Crippen LogP contribution in [0.4, 0.5) is 13.2 Å². The summed E-state index contributed by atoms with van der Waals surface area (Å²) in [5.74, 6) is -0.616. The highest BCUT2D eigenvalue weighted by Crippen LogP contribution is 2.37. The first kappa shape index (κ1) is 27.0. The molecule has 38 heavy (non-hydrogen) atoms. The number of esters is 1. The summed E-state index contributed by atoms with van der Waals surface area (Å²) in [5.41, 5.74) is 1.18. The summed E-state index contributed by atoms with van der Waals surface area (Å²) in [4.78, 5) is 28.7. The van der Waals surface area contributed by atoms with Crippen molar-refractivity contribution in [2.75, 3.05) is 13.7 Å². The Morgan fingerprint density at radius 2 is 1.79 bits per heavy atom. The van der Waals surface area contributed by atoms with Crippen molar-refractivity contribution in [2.24, 2.45) is 0 Å². The molecule has 2 aromatic heterocycles. The quantitative estimate of drug-likeness (QED) is 0.286. The molecule has 0 spiro atoms. The minimum atomic E-state index is -4.50. The molecule has 0 saturated carbocycles. The molecule has 2 heterocycles. The van der Waals surface area contributed by atoms with E-state index in [1.54, 1.807) is 47.0 Å². The topological polar surface area (TPSA) is 82.5 Å². The van der Waals surface area contributed by atoms with Gasteiger partial charge in [-0.05, 0) is 62.4 Å². The molecule has 11 heteroatoms. The molecule has 0 fully saturated rings. The highest BCUT2D eigenvalue weighted by molar-refractivity contribution is 6.39. The van der Waals surface area contributed by atoms with Crippen molar-refractivity contribution in [1.29, 1.82) is 0 Å². The third-order valence-corrected chi connectivity index (χ3v) is 5.98. The molecule has 0 bridgehead atoms. The van der Waals surface area contributed by atoms with Gasteiger partial charge >= 0.3 is 12.1 Å². The van der Waals surface area contributed by atoms with Crippen molar-refractivity contribution >= 4 is 34.4 Å². The summed E-state index contributed by atoms with van der Waals surface area (Å²) in [7, 11) is 1.20. The van der Waals surface area contributed by atoms with Gasteiger partial charge in [0.1, 0.15) is 18.0 Å². The Labute approximate surface area is 221 Å². The van der Waals surface area contributed by atoms with Crippen molar-refractivity contribution in [2.45, 2.75) is 26.1 Å². The van der Waals surface area contributed by atoms with Gasteiger partial charge in [-0.3, -0.25) is 14.6 Å². The van der Waals surface area contributed by atoms with Crippen LogP contribution in [0.25, 0.3) is 27.8 Å². The number of ether oxygens (including phenoxy) is 2. The molecule has 2 aromatic carbocycles. The maximum absolute atomic E-state index is 13.2. The van der Waals surface area contributed by atoms with Crippen LogP contribution in [0.5, 0.6) is 5.75 Å². The molecule has 0 saturated heterocycles. The van der Waals surface area contributed by atoms with Gasteiger partial charge in [0, 0.05) is 22.8 Å². The minimum Gasteiger partial charge on any atom is -0.491 e. The van der Waals surface area contributed by atoms with Crippen molar-refractivity contribution < 1.29 is 32.2 Å². The fourth-order valence-corrected chi connectivity index (χ4v) is 4.19. The van der Waals surface area contributed by atoms with Gasteiger partial charge in [-0.25, -0.2) is 0 Å². The lowest BCUT2D eigenvalue weighted by atomic mass is 10.1. The average Bonchev–Trinajstić information content (AvgIpc) is 3.18. The molecule has 198 valence electrons. The molecule has 1 N–H and O–H groups in total. The number of alkyl halides is 3. The molecule has 0 aliphatic heterocycles. The lowest BCUT2D eigenvalue weighted by molar-refractivity contribution is -0.139. The third kappa shape index (κ3) is 5.60. The first-order valence-corrected chi connectivity index (χ1v) is 11.9. The number of methoxy groups -OCH3 is 1. The number of pyridine rings is 1. The first-order chi connectivity index (χ1) is 18.0. The Morgan fingerprint density at radius 1 is 1.08 bits per heavy atom. The number of carbonyl (C=O) groups is 2. The average molecular weight is 546 g/mol. The van der Waals surface area contributed by atoms with Crippen LogP contribution in [0.15, 0.2) is 60.8 Å². The normalized spacial score (nSPS) is 11.6. The SMILES string of the molecule is COC(=O)CNC(=O)c1c(Cl)c2cc(-c3ccc(C(F)(F)F)cn3)ccc2n1-c1ccc(OC(C)C)cc1. The number of benzene rings is 2. The summed E-state index contributed by atoms with van der Waals surface area (Å²) >= 11 is 6.71. The zero-order valence-corrected chi connectivity index (χ0v) is 21.4. The Bertz CT molecular complexity index is 1480. The Kier molecular flexibility index (Phi) is 7.63. The van der Waals surface area contributed by atoms with Gasteiger partial charge in [0.2, 0.25) is 0 Å². The van der Waals surface area contributed by atoms with Crippen molar-refractivity contribution in [3.8, 4) is 22.7 Å². The zero-order chi connectivity index (χ0) is 27.6. The fourth-order valence-electron chi connectivity index (χ4n) is 3.87. The second-order valence-electron chi connectivity index (χ2n) is 8.58. The van der Waals surface area contributed by atoms with Gasteiger partial charge in [0.25, 0.3) is 5.91 Å². The van der Waals surface area contributed by atoms with Gasteiger partial charge < -0.3 is 19.4 Å². The summed E-state index contributed by atoms with van der Waals surface area (Å²) in [6, 6.07) is 14.3. The molecule has 0 radical (unpaired) electrons.